The van der Waals surface area contributed by atoms with Crippen LogP contribution < -0.4 is 0 Å². The number of carbonyl (C=O) groups excluding carboxylic acids is 1. The van der Waals surface area contributed by atoms with Gasteiger partial charge < -0.3 is 15.1 Å². The van der Waals surface area contributed by atoms with Crippen LogP contribution in [-0.2, 0) is 4.79 Å². The molecule has 0 spiro atoms. The number of carbonyl (C=O) groups is 2. The molecule has 1 aliphatic heterocycles. The van der Waals surface area contributed by atoms with Crippen LogP contribution in [0.3, 0.4) is 0 Å². The largest absolute Gasteiger partial charge is 0.478 e. The van der Waals surface area contributed by atoms with Gasteiger partial charge in [0, 0.05) is 19.2 Å². The summed E-state index contributed by atoms with van der Waals surface area (Å²) in [6.07, 6.45) is 3.33. The predicted octanol–water partition coefficient (Wildman–Crippen LogP) is 1.44. The first kappa shape index (κ1) is 13.8. The van der Waals surface area contributed by atoms with E-state index in [0.29, 0.717) is 36.4 Å². The molecule has 102 valence electrons. The van der Waals surface area contributed by atoms with E-state index in [0.717, 1.165) is 6.08 Å². The number of carboxylic acid groups (broad SMARTS) is 1. The highest BCUT2D eigenvalue weighted by Crippen LogP contribution is 2.22. The van der Waals surface area contributed by atoms with Gasteiger partial charge in [-0.05, 0) is 35.9 Å². The standard InChI is InChI=1S/C13H15NO4S/c15-10-3-6-14(7-4-10)13(18)12-9(5-8-19-12)1-2-11(16)17/h1-2,5,8,10,15H,3-4,6-7H2,(H,16,17). The number of aliphatic carboxylic acids is 1. The Morgan fingerprint density at radius 3 is 2.68 bits per heavy atom. The van der Waals surface area contributed by atoms with Crippen molar-refractivity contribution in [3.8, 4) is 0 Å². The molecule has 0 bridgehead atoms. The third-order valence-corrected chi connectivity index (χ3v) is 3.97. The topological polar surface area (TPSA) is 77.8 Å². The number of aliphatic hydroxyl groups excluding tert-OH is 1. The van der Waals surface area contributed by atoms with Crippen LogP contribution >= 0.6 is 11.3 Å². The lowest BCUT2D eigenvalue weighted by atomic mass is 10.1. The van der Waals surface area contributed by atoms with Crippen molar-refractivity contribution in [3.63, 3.8) is 0 Å². The van der Waals surface area contributed by atoms with Crippen molar-refractivity contribution < 1.29 is 19.8 Å². The van der Waals surface area contributed by atoms with Gasteiger partial charge in [-0.1, -0.05) is 0 Å². The highest BCUT2D eigenvalue weighted by molar-refractivity contribution is 7.12. The highest BCUT2D eigenvalue weighted by atomic mass is 32.1. The Kier molecular flexibility index (Phi) is 4.34. The number of likely N-dealkylation sites (tertiary alicyclic amines) is 1. The van der Waals surface area contributed by atoms with E-state index in [9.17, 15) is 14.7 Å². The molecule has 0 radical (unpaired) electrons. The summed E-state index contributed by atoms with van der Waals surface area (Å²) in [5.74, 6) is -1.13. The van der Waals surface area contributed by atoms with Gasteiger partial charge in [-0.2, -0.15) is 0 Å². The van der Waals surface area contributed by atoms with Gasteiger partial charge in [0.1, 0.15) is 0 Å². The van der Waals surface area contributed by atoms with Gasteiger partial charge in [-0.3, -0.25) is 4.79 Å². The van der Waals surface area contributed by atoms with Crippen molar-refractivity contribution >= 4 is 29.3 Å². The van der Waals surface area contributed by atoms with Crippen molar-refractivity contribution in [3.05, 3.63) is 28.0 Å². The first-order chi connectivity index (χ1) is 9.08. The van der Waals surface area contributed by atoms with E-state index in [-0.39, 0.29) is 12.0 Å². The number of piperidine rings is 1. The number of nitrogens with zero attached hydrogens (tertiary/aromatic N) is 1. The molecule has 0 aliphatic carbocycles. The van der Waals surface area contributed by atoms with Crippen LogP contribution in [0.4, 0.5) is 0 Å². The average Bonchev–Trinajstić information content (AvgIpc) is 2.84. The molecule has 1 fully saturated rings. The molecule has 6 heteroatoms. The van der Waals surface area contributed by atoms with Gasteiger partial charge in [-0.15, -0.1) is 11.3 Å². The lowest BCUT2D eigenvalue weighted by Crippen LogP contribution is -2.39. The molecular weight excluding hydrogens is 266 g/mol. The molecule has 0 atom stereocenters. The quantitative estimate of drug-likeness (QED) is 0.822. The number of rotatable bonds is 3. The molecule has 0 aromatic carbocycles. The number of aliphatic hydroxyl groups is 1. The van der Waals surface area contributed by atoms with Crippen molar-refractivity contribution in [2.45, 2.75) is 18.9 Å². The van der Waals surface area contributed by atoms with Crippen LogP contribution in [0.2, 0.25) is 0 Å². The van der Waals surface area contributed by atoms with Gasteiger partial charge in [0.05, 0.1) is 11.0 Å². The second kappa shape index (κ2) is 5.99. The minimum Gasteiger partial charge on any atom is -0.478 e. The van der Waals surface area contributed by atoms with Crippen LogP contribution in [-0.4, -0.2) is 46.2 Å². The Morgan fingerprint density at radius 2 is 2.05 bits per heavy atom. The lowest BCUT2D eigenvalue weighted by molar-refractivity contribution is -0.131. The van der Waals surface area contributed by atoms with Crippen LogP contribution in [0, 0.1) is 0 Å². The van der Waals surface area contributed by atoms with Gasteiger partial charge in [0.25, 0.3) is 5.91 Å². The number of thiophene rings is 1. The molecule has 1 aliphatic rings. The van der Waals surface area contributed by atoms with Crippen molar-refractivity contribution in [2.75, 3.05) is 13.1 Å². The Balaban J connectivity index is 2.11. The molecule has 1 aromatic heterocycles. The molecule has 2 heterocycles. The van der Waals surface area contributed by atoms with Crippen LogP contribution in [0.1, 0.15) is 28.1 Å². The summed E-state index contributed by atoms with van der Waals surface area (Å²) in [4.78, 5) is 25.1. The van der Waals surface area contributed by atoms with E-state index in [4.69, 9.17) is 5.11 Å². The maximum Gasteiger partial charge on any atom is 0.328 e. The van der Waals surface area contributed by atoms with Crippen molar-refractivity contribution in [1.82, 2.24) is 4.90 Å². The Bertz CT molecular complexity index is 500. The summed E-state index contributed by atoms with van der Waals surface area (Å²) in [5, 5.41) is 19.8. The Morgan fingerprint density at radius 1 is 1.37 bits per heavy atom. The normalized spacial score (nSPS) is 17.0. The minimum atomic E-state index is -1.04. The van der Waals surface area contributed by atoms with E-state index in [2.05, 4.69) is 0 Å². The maximum absolute atomic E-state index is 12.3. The lowest BCUT2D eigenvalue weighted by Gasteiger charge is -2.29. The Hall–Kier alpha value is -1.66. The minimum absolute atomic E-state index is 0.0908. The SMILES string of the molecule is O=C(O)C=Cc1ccsc1C(=O)N1CCC(O)CC1. The Labute approximate surface area is 114 Å². The van der Waals surface area contributed by atoms with E-state index in [1.165, 1.54) is 17.4 Å². The zero-order chi connectivity index (χ0) is 13.8. The second-order valence-electron chi connectivity index (χ2n) is 4.40. The van der Waals surface area contributed by atoms with Crippen molar-refractivity contribution in [1.29, 1.82) is 0 Å². The van der Waals surface area contributed by atoms with E-state index < -0.39 is 5.97 Å². The zero-order valence-corrected chi connectivity index (χ0v) is 11.1. The highest BCUT2D eigenvalue weighted by Gasteiger charge is 2.24. The van der Waals surface area contributed by atoms with E-state index in [1.54, 1.807) is 16.3 Å². The van der Waals surface area contributed by atoms with Gasteiger partial charge in [0.15, 0.2) is 0 Å². The summed E-state index contributed by atoms with van der Waals surface area (Å²) >= 11 is 1.31. The molecule has 0 saturated carbocycles. The maximum atomic E-state index is 12.3. The fraction of sp³-hybridized carbons (Fsp3) is 0.385. The number of amides is 1. The summed E-state index contributed by atoms with van der Waals surface area (Å²) in [5.41, 5.74) is 0.628. The van der Waals surface area contributed by atoms with E-state index in [1.807, 2.05) is 0 Å². The van der Waals surface area contributed by atoms with Crippen molar-refractivity contribution in [2.24, 2.45) is 0 Å². The monoisotopic (exact) mass is 281 g/mol. The molecule has 1 saturated heterocycles. The van der Waals surface area contributed by atoms with Gasteiger partial charge in [0.2, 0.25) is 0 Å². The molecule has 0 unspecified atom stereocenters. The summed E-state index contributed by atoms with van der Waals surface area (Å²) in [6.45, 7) is 1.08. The van der Waals surface area contributed by atoms with Gasteiger partial charge >= 0.3 is 5.97 Å². The van der Waals surface area contributed by atoms with Crippen LogP contribution in [0.5, 0.6) is 0 Å². The summed E-state index contributed by atoms with van der Waals surface area (Å²) in [7, 11) is 0. The van der Waals surface area contributed by atoms with Crippen LogP contribution in [0.25, 0.3) is 6.08 Å². The molecule has 5 nitrogen and oxygen atoms in total. The molecule has 2 rings (SSSR count). The zero-order valence-electron chi connectivity index (χ0n) is 10.3. The van der Waals surface area contributed by atoms with Crippen LogP contribution in [0.15, 0.2) is 17.5 Å². The molecule has 1 aromatic rings. The summed E-state index contributed by atoms with van der Waals surface area (Å²) in [6, 6.07) is 1.73. The molecular formula is C13H15NO4S. The molecule has 19 heavy (non-hydrogen) atoms. The average molecular weight is 281 g/mol. The third kappa shape index (κ3) is 3.42. The summed E-state index contributed by atoms with van der Waals surface area (Å²) < 4.78 is 0. The fourth-order valence-corrected chi connectivity index (χ4v) is 2.85. The van der Waals surface area contributed by atoms with E-state index >= 15 is 0 Å². The third-order valence-electron chi connectivity index (χ3n) is 3.05. The first-order valence-electron chi connectivity index (χ1n) is 6.04. The number of hydrogen-bond donors (Lipinski definition) is 2. The molecule has 1 amide bonds. The van der Waals surface area contributed by atoms with Gasteiger partial charge in [-0.25, -0.2) is 4.79 Å². The number of carboxylic acids is 1. The predicted molar refractivity (Wildman–Crippen MR) is 72.1 cm³/mol. The first-order valence-corrected chi connectivity index (χ1v) is 6.91. The molecule has 2 N–H and O–H groups in total. The smallest absolute Gasteiger partial charge is 0.328 e. The number of hydrogen-bond acceptors (Lipinski definition) is 4. The fourth-order valence-electron chi connectivity index (χ4n) is 2.00. The second-order valence-corrected chi connectivity index (χ2v) is 5.32.